The zero-order chi connectivity index (χ0) is 19.6. The van der Waals surface area contributed by atoms with Crippen molar-refractivity contribution in [1.29, 1.82) is 0 Å². The van der Waals surface area contributed by atoms with E-state index >= 15 is 0 Å². The Kier molecular flexibility index (Phi) is 5.27. The highest BCUT2D eigenvalue weighted by atomic mass is 32.2. The van der Waals surface area contributed by atoms with Crippen molar-refractivity contribution in [2.24, 2.45) is 0 Å². The molecule has 0 N–H and O–H groups in total. The number of benzene rings is 2. The van der Waals surface area contributed by atoms with Crippen molar-refractivity contribution >= 4 is 9.84 Å². The van der Waals surface area contributed by atoms with Gasteiger partial charge in [-0.15, -0.1) is 0 Å². The van der Waals surface area contributed by atoms with Gasteiger partial charge in [-0.2, -0.15) is 0 Å². The Morgan fingerprint density at radius 3 is 2.22 bits per heavy atom. The van der Waals surface area contributed by atoms with Crippen LogP contribution in [0.4, 0.5) is 8.78 Å². The second-order valence-corrected chi connectivity index (χ2v) is 8.09. The molecule has 0 amide bonds. The van der Waals surface area contributed by atoms with Crippen molar-refractivity contribution in [3.8, 4) is 5.75 Å². The van der Waals surface area contributed by atoms with Gasteiger partial charge in [-0.1, -0.05) is 5.16 Å². The average molecular weight is 393 g/mol. The fourth-order valence-corrected chi connectivity index (χ4v) is 3.93. The van der Waals surface area contributed by atoms with Crippen LogP contribution in [0, 0.1) is 25.5 Å². The summed E-state index contributed by atoms with van der Waals surface area (Å²) in [7, 11) is -3.75. The lowest BCUT2D eigenvalue weighted by molar-refractivity contribution is 0.301. The van der Waals surface area contributed by atoms with Crippen LogP contribution in [0.15, 0.2) is 51.9 Å². The lowest BCUT2D eigenvalue weighted by Crippen LogP contribution is -2.06. The predicted octanol–water partition coefficient (Wildman–Crippen LogP) is 4.12. The van der Waals surface area contributed by atoms with Crippen molar-refractivity contribution in [3.05, 3.63) is 76.7 Å². The van der Waals surface area contributed by atoms with E-state index in [0.29, 0.717) is 17.6 Å². The van der Waals surface area contributed by atoms with Gasteiger partial charge in [0.25, 0.3) is 0 Å². The van der Waals surface area contributed by atoms with Crippen LogP contribution < -0.4 is 4.74 Å². The van der Waals surface area contributed by atoms with Gasteiger partial charge in [0.15, 0.2) is 9.84 Å². The number of ether oxygens (including phenoxy) is 1. The van der Waals surface area contributed by atoms with Gasteiger partial charge in [0.05, 0.1) is 21.9 Å². The second-order valence-electron chi connectivity index (χ2n) is 6.10. The molecule has 0 unspecified atom stereocenters. The molecule has 0 aliphatic heterocycles. The summed E-state index contributed by atoms with van der Waals surface area (Å²) >= 11 is 0. The van der Waals surface area contributed by atoms with Crippen LogP contribution in [-0.2, 0) is 22.2 Å². The Hall–Kier alpha value is -2.74. The first-order chi connectivity index (χ1) is 12.7. The molecule has 142 valence electrons. The lowest BCUT2D eigenvalue weighted by atomic mass is 10.2. The average Bonchev–Trinajstić information content (AvgIpc) is 2.90. The SMILES string of the molecule is Cc1noc(C)c1COc1ccc(S(=O)(=O)Cc2cc(F)cc(F)c2)cc1. The third-order valence-corrected chi connectivity index (χ3v) is 5.73. The van der Waals surface area contributed by atoms with E-state index in [9.17, 15) is 17.2 Å². The minimum Gasteiger partial charge on any atom is -0.489 e. The van der Waals surface area contributed by atoms with Gasteiger partial charge < -0.3 is 9.26 Å². The fraction of sp³-hybridized carbons (Fsp3) is 0.211. The highest BCUT2D eigenvalue weighted by Gasteiger charge is 2.17. The molecule has 0 aliphatic carbocycles. The normalized spacial score (nSPS) is 11.6. The first-order valence-electron chi connectivity index (χ1n) is 8.07. The zero-order valence-electron chi connectivity index (χ0n) is 14.7. The van der Waals surface area contributed by atoms with E-state index in [1.54, 1.807) is 13.8 Å². The van der Waals surface area contributed by atoms with E-state index in [1.165, 1.54) is 24.3 Å². The molecule has 0 saturated carbocycles. The molecule has 5 nitrogen and oxygen atoms in total. The molecule has 2 aromatic carbocycles. The summed E-state index contributed by atoms with van der Waals surface area (Å²) in [5, 5.41) is 3.84. The first kappa shape index (κ1) is 19.0. The molecule has 0 fully saturated rings. The van der Waals surface area contributed by atoms with Crippen molar-refractivity contribution in [2.45, 2.75) is 31.1 Å². The van der Waals surface area contributed by atoms with Gasteiger partial charge in [-0.3, -0.25) is 0 Å². The molecule has 0 saturated heterocycles. The van der Waals surface area contributed by atoms with Gasteiger partial charge in [0.1, 0.15) is 29.8 Å². The van der Waals surface area contributed by atoms with Crippen LogP contribution >= 0.6 is 0 Å². The molecular formula is C19H17F2NO4S. The minimum absolute atomic E-state index is 0.0388. The summed E-state index contributed by atoms with van der Waals surface area (Å²) in [6.45, 7) is 3.83. The predicted molar refractivity (Wildman–Crippen MR) is 94.0 cm³/mol. The lowest BCUT2D eigenvalue weighted by Gasteiger charge is -2.08. The number of nitrogens with zero attached hydrogens (tertiary/aromatic N) is 1. The summed E-state index contributed by atoms with van der Waals surface area (Å²) in [6, 6.07) is 8.54. The van der Waals surface area contributed by atoms with Crippen LogP contribution in [0.1, 0.15) is 22.6 Å². The monoisotopic (exact) mass is 393 g/mol. The van der Waals surface area contributed by atoms with Gasteiger partial charge in [-0.25, -0.2) is 17.2 Å². The van der Waals surface area contributed by atoms with Crippen LogP contribution in [0.5, 0.6) is 5.75 Å². The number of aromatic nitrogens is 1. The summed E-state index contributed by atoms with van der Waals surface area (Å²) in [5.41, 5.74) is 1.61. The standard InChI is InChI=1S/C19H17F2NO4S/c1-12-19(13(2)26-22-12)10-25-17-3-5-18(6-4-17)27(23,24)11-14-7-15(20)9-16(21)8-14/h3-9H,10-11H2,1-2H3. The topological polar surface area (TPSA) is 69.4 Å². The Labute approximate surface area is 155 Å². The molecule has 0 atom stereocenters. The summed E-state index contributed by atoms with van der Waals surface area (Å²) in [5.74, 6) is -0.993. The summed E-state index contributed by atoms with van der Waals surface area (Å²) in [6.07, 6.45) is 0. The number of rotatable bonds is 6. The maximum Gasteiger partial charge on any atom is 0.182 e. The van der Waals surface area contributed by atoms with Crippen molar-refractivity contribution in [3.63, 3.8) is 0 Å². The van der Waals surface area contributed by atoms with Crippen molar-refractivity contribution in [1.82, 2.24) is 5.16 Å². The smallest absolute Gasteiger partial charge is 0.182 e. The molecule has 0 radical (unpaired) electrons. The molecule has 3 aromatic rings. The van der Waals surface area contributed by atoms with Crippen LogP contribution in [0.2, 0.25) is 0 Å². The Morgan fingerprint density at radius 2 is 1.67 bits per heavy atom. The van der Waals surface area contributed by atoms with E-state index in [0.717, 1.165) is 23.4 Å². The number of aryl methyl sites for hydroxylation is 2. The number of hydrogen-bond donors (Lipinski definition) is 0. The van der Waals surface area contributed by atoms with Crippen LogP contribution in [0.25, 0.3) is 0 Å². The highest BCUT2D eigenvalue weighted by Crippen LogP contribution is 2.22. The van der Waals surface area contributed by atoms with Crippen LogP contribution in [-0.4, -0.2) is 13.6 Å². The van der Waals surface area contributed by atoms with Gasteiger partial charge in [0.2, 0.25) is 0 Å². The van der Waals surface area contributed by atoms with Gasteiger partial charge >= 0.3 is 0 Å². The van der Waals surface area contributed by atoms with Crippen molar-refractivity contribution < 1.29 is 26.5 Å². The van der Waals surface area contributed by atoms with E-state index < -0.39 is 27.2 Å². The molecule has 27 heavy (non-hydrogen) atoms. The maximum absolute atomic E-state index is 13.3. The third-order valence-electron chi connectivity index (χ3n) is 4.03. The Balaban J connectivity index is 1.72. The molecule has 8 heteroatoms. The van der Waals surface area contributed by atoms with E-state index in [2.05, 4.69) is 5.16 Å². The number of hydrogen-bond acceptors (Lipinski definition) is 5. The molecule has 1 aromatic heterocycles. The molecule has 0 aliphatic rings. The van der Waals surface area contributed by atoms with Gasteiger partial charge in [-0.05, 0) is 55.8 Å². The van der Waals surface area contributed by atoms with E-state index in [4.69, 9.17) is 9.26 Å². The summed E-state index contributed by atoms with van der Waals surface area (Å²) < 4.78 is 62.1. The molecule has 0 bridgehead atoms. The molecule has 1 heterocycles. The van der Waals surface area contributed by atoms with Gasteiger partial charge in [0, 0.05) is 6.07 Å². The first-order valence-corrected chi connectivity index (χ1v) is 9.72. The van der Waals surface area contributed by atoms with E-state index in [1.807, 2.05) is 0 Å². The van der Waals surface area contributed by atoms with E-state index in [-0.39, 0.29) is 17.1 Å². The zero-order valence-corrected chi connectivity index (χ0v) is 15.5. The Bertz CT molecular complexity index is 1020. The maximum atomic E-state index is 13.3. The Morgan fingerprint density at radius 1 is 1.04 bits per heavy atom. The minimum atomic E-state index is -3.75. The van der Waals surface area contributed by atoms with Crippen LogP contribution in [0.3, 0.4) is 0 Å². The quantitative estimate of drug-likeness (QED) is 0.630. The van der Waals surface area contributed by atoms with Crippen molar-refractivity contribution in [2.75, 3.05) is 0 Å². The highest BCUT2D eigenvalue weighted by molar-refractivity contribution is 7.90. The number of halogens is 2. The largest absolute Gasteiger partial charge is 0.489 e. The molecule has 0 spiro atoms. The third kappa shape index (κ3) is 4.51. The second kappa shape index (κ2) is 7.48. The summed E-state index contributed by atoms with van der Waals surface area (Å²) in [4.78, 5) is 0.0388. The fourth-order valence-electron chi connectivity index (χ4n) is 2.60. The molecular weight excluding hydrogens is 376 g/mol. The number of sulfone groups is 1. The molecule has 3 rings (SSSR count).